The van der Waals surface area contributed by atoms with Crippen molar-refractivity contribution in [3.63, 3.8) is 0 Å². The molecule has 0 spiro atoms. The smallest absolute Gasteiger partial charge is 0.307 e. The lowest BCUT2D eigenvalue weighted by atomic mass is 10.1. The molecule has 16 heavy (non-hydrogen) atoms. The van der Waals surface area contributed by atoms with Crippen LogP contribution in [0.2, 0.25) is 0 Å². The molecule has 1 rings (SSSR count). The monoisotopic (exact) mass is 228 g/mol. The molecule has 0 saturated heterocycles. The number of carboxylic acids is 1. The van der Waals surface area contributed by atoms with Crippen molar-refractivity contribution in [3.8, 4) is 5.75 Å². The average molecular weight is 228 g/mol. The Morgan fingerprint density at radius 3 is 2.50 bits per heavy atom. The number of hydrogen-bond donors (Lipinski definition) is 1. The van der Waals surface area contributed by atoms with Gasteiger partial charge in [0.05, 0.1) is 20.1 Å². The molecule has 4 nitrogen and oxygen atoms in total. The molecule has 0 aliphatic heterocycles. The Balaban J connectivity index is 3.12. The minimum Gasteiger partial charge on any atom is -0.493 e. The predicted molar refractivity (Wildman–Crippen MR) is 55.0 cm³/mol. The minimum atomic E-state index is -1.03. The van der Waals surface area contributed by atoms with Crippen molar-refractivity contribution in [1.82, 2.24) is 0 Å². The third-order valence-corrected chi connectivity index (χ3v) is 2.10. The van der Waals surface area contributed by atoms with E-state index in [-0.39, 0.29) is 18.8 Å². The number of carbonyl (C=O) groups is 1. The molecule has 0 aromatic heterocycles. The van der Waals surface area contributed by atoms with Gasteiger partial charge < -0.3 is 14.6 Å². The Kier molecular flexibility index (Phi) is 4.25. The lowest BCUT2D eigenvalue weighted by molar-refractivity contribution is -0.136. The molecule has 0 unspecified atom stereocenters. The summed E-state index contributed by atoms with van der Waals surface area (Å²) in [5.74, 6) is -1.63. The van der Waals surface area contributed by atoms with Crippen molar-refractivity contribution < 1.29 is 23.8 Å². The molecule has 0 radical (unpaired) electrons. The van der Waals surface area contributed by atoms with Crippen LogP contribution in [0.1, 0.15) is 11.1 Å². The molecular weight excluding hydrogens is 215 g/mol. The number of benzene rings is 1. The maximum atomic E-state index is 13.8. The molecule has 1 aromatic rings. The average Bonchev–Trinajstić information content (AvgIpc) is 2.22. The number of ether oxygens (including phenoxy) is 2. The molecule has 1 aromatic carbocycles. The van der Waals surface area contributed by atoms with Crippen LogP contribution >= 0.6 is 0 Å². The van der Waals surface area contributed by atoms with E-state index >= 15 is 0 Å². The lowest BCUT2D eigenvalue weighted by Gasteiger charge is -2.11. The largest absolute Gasteiger partial charge is 0.493 e. The maximum absolute atomic E-state index is 13.8. The van der Waals surface area contributed by atoms with Gasteiger partial charge in [0.25, 0.3) is 0 Å². The standard InChI is InChI=1S/C11H13FO4/c1-15-6-8-4-3-7(5-9(13)14)11(16-2)10(8)12/h3-4H,5-6H2,1-2H3,(H,13,14). The van der Waals surface area contributed by atoms with E-state index in [1.807, 2.05) is 0 Å². The van der Waals surface area contributed by atoms with Gasteiger partial charge in [-0.05, 0) is 0 Å². The van der Waals surface area contributed by atoms with Gasteiger partial charge in [0, 0.05) is 18.2 Å². The van der Waals surface area contributed by atoms with E-state index in [1.54, 1.807) is 0 Å². The minimum absolute atomic E-state index is 0.0306. The first-order valence-corrected chi connectivity index (χ1v) is 4.65. The van der Waals surface area contributed by atoms with Crippen molar-refractivity contribution >= 4 is 5.97 Å². The zero-order valence-electron chi connectivity index (χ0n) is 9.12. The number of halogens is 1. The molecule has 0 bridgehead atoms. The second kappa shape index (κ2) is 5.46. The highest BCUT2D eigenvalue weighted by Crippen LogP contribution is 2.26. The van der Waals surface area contributed by atoms with Gasteiger partial charge in [-0.2, -0.15) is 0 Å². The van der Waals surface area contributed by atoms with Gasteiger partial charge in [-0.25, -0.2) is 4.39 Å². The zero-order chi connectivity index (χ0) is 12.1. The summed E-state index contributed by atoms with van der Waals surface area (Å²) < 4.78 is 23.5. The van der Waals surface area contributed by atoms with E-state index in [9.17, 15) is 9.18 Å². The van der Waals surface area contributed by atoms with Crippen LogP contribution in [0.15, 0.2) is 12.1 Å². The van der Waals surface area contributed by atoms with Crippen LogP contribution in [0.3, 0.4) is 0 Å². The van der Waals surface area contributed by atoms with Gasteiger partial charge >= 0.3 is 5.97 Å². The molecule has 1 N–H and O–H groups in total. The summed E-state index contributed by atoms with van der Waals surface area (Å²) in [5.41, 5.74) is 0.654. The van der Waals surface area contributed by atoms with Crippen molar-refractivity contribution in [1.29, 1.82) is 0 Å². The first-order valence-electron chi connectivity index (χ1n) is 4.65. The summed E-state index contributed by atoms with van der Waals surface area (Å²) in [6.45, 7) is 0.121. The Hall–Kier alpha value is -1.62. The maximum Gasteiger partial charge on any atom is 0.307 e. The van der Waals surface area contributed by atoms with E-state index in [4.69, 9.17) is 14.6 Å². The fourth-order valence-corrected chi connectivity index (χ4v) is 1.43. The van der Waals surface area contributed by atoms with Crippen LogP contribution in [0.25, 0.3) is 0 Å². The van der Waals surface area contributed by atoms with Gasteiger partial charge in [0.2, 0.25) is 0 Å². The van der Waals surface area contributed by atoms with E-state index in [2.05, 4.69) is 0 Å². The summed E-state index contributed by atoms with van der Waals surface area (Å²) in [7, 11) is 2.76. The molecule has 0 aliphatic rings. The second-order valence-corrected chi connectivity index (χ2v) is 3.23. The molecule has 0 aliphatic carbocycles. The highest BCUT2D eigenvalue weighted by Gasteiger charge is 2.15. The number of aliphatic carboxylic acids is 1. The SMILES string of the molecule is COCc1ccc(CC(=O)O)c(OC)c1F. The van der Waals surface area contributed by atoms with Gasteiger partial charge in [-0.3, -0.25) is 4.79 Å². The van der Waals surface area contributed by atoms with Gasteiger partial charge in [-0.1, -0.05) is 12.1 Å². The van der Waals surface area contributed by atoms with Gasteiger partial charge in [0.1, 0.15) is 0 Å². The van der Waals surface area contributed by atoms with Gasteiger partial charge in [-0.15, -0.1) is 0 Å². The Morgan fingerprint density at radius 2 is 2.00 bits per heavy atom. The summed E-state index contributed by atoms with van der Waals surface area (Å²) in [6.07, 6.45) is -0.270. The van der Waals surface area contributed by atoms with Gasteiger partial charge in [0.15, 0.2) is 11.6 Å². The zero-order valence-corrected chi connectivity index (χ0v) is 9.12. The summed E-state index contributed by atoms with van der Waals surface area (Å²) in [4.78, 5) is 10.6. The van der Waals surface area contributed by atoms with E-state index in [0.29, 0.717) is 11.1 Å². The lowest BCUT2D eigenvalue weighted by Crippen LogP contribution is -2.05. The van der Waals surface area contributed by atoms with E-state index in [1.165, 1.54) is 26.4 Å². The summed E-state index contributed by atoms with van der Waals surface area (Å²) in [6, 6.07) is 3.03. The molecule has 0 fully saturated rings. The van der Waals surface area contributed by atoms with Crippen molar-refractivity contribution in [3.05, 3.63) is 29.1 Å². The van der Waals surface area contributed by atoms with E-state index < -0.39 is 11.8 Å². The molecular formula is C11H13FO4. The highest BCUT2D eigenvalue weighted by atomic mass is 19.1. The molecule has 0 heterocycles. The summed E-state index contributed by atoms with van der Waals surface area (Å²) in [5, 5.41) is 8.65. The normalized spacial score (nSPS) is 10.2. The quantitative estimate of drug-likeness (QED) is 0.831. The third kappa shape index (κ3) is 2.70. The van der Waals surface area contributed by atoms with Crippen LogP contribution in [-0.4, -0.2) is 25.3 Å². The molecule has 0 atom stereocenters. The molecule has 0 saturated carbocycles. The first-order chi connectivity index (χ1) is 7.60. The number of rotatable bonds is 5. The van der Waals surface area contributed by atoms with Crippen molar-refractivity contribution in [2.45, 2.75) is 13.0 Å². The van der Waals surface area contributed by atoms with Crippen LogP contribution in [0.5, 0.6) is 5.75 Å². The number of carboxylic acid groups (broad SMARTS) is 1. The molecule has 88 valence electrons. The van der Waals surface area contributed by atoms with Crippen LogP contribution in [0.4, 0.5) is 4.39 Å². The Bertz CT molecular complexity index is 390. The molecule has 5 heteroatoms. The fraction of sp³-hybridized carbons (Fsp3) is 0.364. The topological polar surface area (TPSA) is 55.8 Å². The summed E-state index contributed by atoms with van der Waals surface area (Å²) >= 11 is 0. The molecule has 0 amide bonds. The second-order valence-electron chi connectivity index (χ2n) is 3.23. The van der Waals surface area contributed by atoms with Crippen molar-refractivity contribution in [2.75, 3.05) is 14.2 Å². The predicted octanol–water partition coefficient (Wildman–Crippen LogP) is 1.61. The van der Waals surface area contributed by atoms with Crippen LogP contribution < -0.4 is 4.74 Å². The third-order valence-electron chi connectivity index (χ3n) is 2.10. The van der Waals surface area contributed by atoms with E-state index in [0.717, 1.165) is 0 Å². The van der Waals surface area contributed by atoms with Crippen LogP contribution in [-0.2, 0) is 22.6 Å². The Morgan fingerprint density at radius 1 is 1.38 bits per heavy atom. The van der Waals surface area contributed by atoms with Crippen molar-refractivity contribution in [2.24, 2.45) is 0 Å². The number of hydrogen-bond acceptors (Lipinski definition) is 3. The van der Waals surface area contributed by atoms with Crippen LogP contribution in [0, 0.1) is 5.82 Å². The highest BCUT2D eigenvalue weighted by molar-refractivity contribution is 5.71. The first kappa shape index (κ1) is 12.4. The fourth-order valence-electron chi connectivity index (χ4n) is 1.43. The Labute approximate surface area is 92.6 Å². The number of methoxy groups -OCH3 is 2.